The van der Waals surface area contributed by atoms with Crippen molar-refractivity contribution in [1.82, 2.24) is 0 Å². The Morgan fingerprint density at radius 3 is 2.45 bits per heavy atom. The summed E-state index contributed by atoms with van der Waals surface area (Å²) in [5.41, 5.74) is 2.96. The van der Waals surface area contributed by atoms with Gasteiger partial charge in [0.2, 0.25) is 0 Å². The molecule has 2 aromatic carbocycles. The molecule has 20 heavy (non-hydrogen) atoms. The summed E-state index contributed by atoms with van der Waals surface area (Å²) in [5, 5.41) is 10.6. The number of nitrogens with zero attached hydrogens (tertiary/aromatic N) is 1. The fourth-order valence-corrected chi connectivity index (χ4v) is 2.72. The van der Waals surface area contributed by atoms with Crippen LogP contribution in [-0.4, -0.2) is 10.7 Å². The van der Waals surface area contributed by atoms with Crippen LogP contribution in [-0.2, 0) is 12.8 Å². The Morgan fingerprint density at radius 2 is 1.80 bits per heavy atom. The number of non-ortho nitro benzene ring substituents is 1. The average molecular weight is 267 g/mol. The summed E-state index contributed by atoms with van der Waals surface area (Å²) >= 11 is 0. The molecule has 0 saturated heterocycles. The highest BCUT2D eigenvalue weighted by molar-refractivity contribution is 6.02. The van der Waals surface area contributed by atoms with Gasteiger partial charge in [-0.1, -0.05) is 36.4 Å². The fourth-order valence-electron chi connectivity index (χ4n) is 2.72. The molecule has 0 aliphatic heterocycles. The van der Waals surface area contributed by atoms with Crippen LogP contribution in [0.15, 0.2) is 48.5 Å². The van der Waals surface area contributed by atoms with Crippen LogP contribution in [0.25, 0.3) is 0 Å². The van der Waals surface area contributed by atoms with Gasteiger partial charge in [-0.3, -0.25) is 14.9 Å². The number of hydrogen-bond acceptors (Lipinski definition) is 3. The van der Waals surface area contributed by atoms with Crippen molar-refractivity contribution in [2.75, 3.05) is 0 Å². The first-order valence-corrected chi connectivity index (χ1v) is 6.50. The zero-order chi connectivity index (χ0) is 14.1. The average Bonchev–Trinajstić information content (AvgIpc) is 2.77. The molecule has 0 spiro atoms. The Kier molecular flexibility index (Phi) is 3.06. The van der Waals surface area contributed by atoms with Crippen molar-refractivity contribution in [1.29, 1.82) is 0 Å². The van der Waals surface area contributed by atoms with Gasteiger partial charge in [0.1, 0.15) is 0 Å². The van der Waals surface area contributed by atoms with E-state index in [1.165, 1.54) is 12.1 Å². The second-order valence-corrected chi connectivity index (χ2v) is 5.05. The van der Waals surface area contributed by atoms with E-state index in [-0.39, 0.29) is 17.4 Å². The van der Waals surface area contributed by atoms with E-state index in [0.717, 1.165) is 23.1 Å². The Labute approximate surface area is 116 Å². The van der Waals surface area contributed by atoms with Crippen LogP contribution in [0, 0.1) is 16.0 Å². The highest BCUT2D eigenvalue weighted by atomic mass is 16.6. The molecule has 0 amide bonds. The van der Waals surface area contributed by atoms with Crippen LogP contribution >= 0.6 is 0 Å². The molecule has 0 aromatic heterocycles. The van der Waals surface area contributed by atoms with Crippen molar-refractivity contribution in [3.8, 4) is 0 Å². The SMILES string of the molecule is O=C1c2ccccc2CC1Cc1ccc([N+](=O)[O-])cc1. The largest absolute Gasteiger partial charge is 0.294 e. The number of carbonyl (C=O) groups excluding carboxylic acids is 1. The summed E-state index contributed by atoms with van der Waals surface area (Å²) in [4.78, 5) is 22.5. The Hall–Kier alpha value is -2.49. The topological polar surface area (TPSA) is 60.2 Å². The standard InChI is InChI=1S/C16H13NO3/c18-16-13(10-12-3-1-2-4-15(12)16)9-11-5-7-14(8-6-11)17(19)20/h1-8,13H,9-10H2. The summed E-state index contributed by atoms with van der Waals surface area (Å²) in [6.07, 6.45) is 1.39. The molecule has 0 bridgehead atoms. The van der Waals surface area contributed by atoms with Crippen molar-refractivity contribution >= 4 is 11.5 Å². The summed E-state index contributed by atoms with van der Waals surface area (Å²) in [6, 6.07) is 14.1. The summed E-state index contributed by atoms with van der Waals surface area (Å²) < 4.78 is 0. The third-order valence-electron chi connectivity index (χ3n) is 3.75. The molecule has 0 heterocycles. The van der Waals surface area contributed by atoms with Crippen molar-refractivity contribution < 1.29 is 9.72 Å². The minimum atomic E-state index is -0.416. The lowest BCUT2D eigenvalue weighted by molar-refractivity contribution is -0.384. The summed E-state index contributed by atoms with van der Waals surface area (Å²) in [7, 11) is 0. The first-order valence-electron chi connectivity index (χ1n) is 6.50. The number of nitro groups is 1. The maximum atomic E-state index is 12.3. The predicted octanol–water partition coefficient (Wildman–Crippen LogP) is 3.19. The molecule has 2 aromatic rings. The lowest BCUT2D eigenvalue weighted by Crippen LogP contribution is -2.12. The third kappa shape index (κ3) is 2.20. The predicted molar refractivity (Wildman–Crippen MR) is 74.8 cm³/mol. The number of carbonyl (C=O) groups is 1. The van der Waals surface area contributed by atoms with E-state index in [4.69, 9.17) is 0 Å². The summed E-state index contributed by atoms with van der Waals surface area (Å²) in [6.45, 7) is 0. The second kappa shape index (κ2) is 4.89. The van der Waals surface area contributed by atoms with E-state index in [1.54, 1.807) is 12.1 Å². The van der Waals surface area contributed by atoms with Crippen LogP contribution < -0.4 is 0 Å². The van der Waals surface area contributed by atoms with Crippen LogP contribution in [0.4, 0.5) is 5.69 Å². The van der Waals surface area contributed by atoms with Gasteiger partial charge in [-0.15, -0.1) is 0 Å². The molecule has 4 nitrogen and oxygen atoms in total. The first kappa shape index (κ1) is 12.5. The minimum absolute atomic E-state index is 0.0474. The van der Waals surface area contributed by atoms with E-state index < -0.39 is 4.92 Å². The lowest BCUT2D eigenvalue weighted by atomic mass is 9.96. The lowest BCUT2D eigenvalue weighted by Gasteiger charge is -2.07. The Morgan fingerprint density at radius 1 is 1.10 bits per heavy atom. The van der Waals surface area contributed by atoms with Crippen LogP contribution in [0.2, 0.25) is 0 Å². The number of ketones is 1. The molecule has 1 atom stereocenters. The molecule has 0 saturated carbocycles. The first-order chi connectivity index (χ1) is 9.65. The molecular formula is C16H13NO3. The van der Waals surface area contributed by atoms with Crippen molar-refractivity contribution in [2.45, 2.75) is 12.8 Å². The number of Topliss-reactive ketones (excluding diaryl/α,β-unsaturated/α-hetero) is 1. The van der Waals surface area contributed by atoms with Gasteiger partial charge in [-0.2, -0.15) is 0 Å². The molecule has 3 rings (SSSR count). The van der Waals surface area contributed by atoms with Crippen LogP contribution in [0.5, 0.6) is 0 Å². The maximum absolute atomic E-state index is 12.3. The highest BCUT2D eigenvalue weighted by Gasteiger charge is 2.29. The number of fused-ring (bicyclic) bond motifs is 1. The smallest absolute Gasteiger partial charge is 0.269 e. The van der Waals surface area contributed by atoms with Crippen molar-refractivity contribution in [2.24, 2.45) is 5.92 Å². The third-order valence-corrected chi connectivity index (χ3v) is 3.75. The quantitative estimate of drug-likeness (QED) is 0.633. The van der Waals surface area contributed by atoms with E-state index >= 15 is 0 Å². The number of hydrogen-bond donors (Lipinski definition) is 0. The van der Waals surface area contributed by atoms with Gasteiger partial charge in [0.05, 0.1) is 4.92 Å². The van der Waals surface area contributed by atoms with Crippen LogP contribution in [0.3, 0.4) is 0 Å². The summed E-state index contributed by atoms with van der Waals surface area (Å²) in [5.74, 6) is 0.132. The monoisotopic (exact) mass is 267 g/mol. The molecule has 0 fully saturated rings. The zero-order valence-electron chi connectivity index (χ0n) is 10.8. The zero-order valence-corrected chi connectivity index (χ0v) is 10.8. The van der Waals surface area contributed by atoms with Gasteiger partial charge in [-0.05, 0) is 24.0 Å². The molecule has 0 radical (unpaired) electrons. The van der Waals surface area contributed by atoms with Crippen molar-refractivity contribution in [3.63, 3.8) is 0 Å². The molecule has 0 N–H and O–H groups in total. The molecule has 100 valence electrons. The van der Waals surface area contributed by atoms with Gasteiger partial charge in [-0.25, -0.2) is 0 Å². The molecule has 1 unspecified atom stereocenters. The van der Waals surface area contributed by atoms with Gasteiger partial charge in [0.25, 0.3) is 5.69 Å². The molecular weight excluding hydrogens is 254 g/mol. The molecule has 1 aliphatic rings. The Bertz CT molecular complexity index is 676. The van der Waals surface area contributed by atoms with E-state index in [2.05, 4.69) is 0 Å². The fraction of sp³-hybridized carbons (Fsp3) is 0.188. The van der Waals surface area contributed by atoms with Gasteiger partial charge in [0, 0.05) is 23.6 Å². The van der Waals surface area contributed by atoms with Gasteiger partial charge >= 0.3 is 0 Å². The van der Waals surface area contributed by atoms with E-state index in [9.17, 15) is 14.9 Å². The number of rotatable bonds is 3. The highest BCUT2D eigenvalue weighted by Crippen LogP contribution is 2.29. The van der Waals surface area contributed by atoms with E-state index in [0.29, 0.717) is 6.42 Å². The second-order valence-electron chi connectivity index (χ2n) is 5.05. The number of nitro benzene ring substituents is 1. The van der Waals surface area contributed by atoms with Crippen molar-refractivity contribution in [3.05, 3.63) is 75.3 Å². The Balaban J connectivity index is 1.77. The van der Waals surface area contributed by atoms with Gasteiger partial charge < -0.3 is 0 Å². The minimum Gasteiger partial charge on any atom is -0.294 e. The molecule has 1 aliphatic carbocycles. The van der Waals surface area contributed by atoms with E-state index in [1.807, 2.05) is 24.3 Å². The van der Waals surface area contributed by atoms with Crippen LogP contribution in [0.1, 0.15) is 21.5 Å². The molecule has 4 heteroatoms. The van der Waals surface area contributed by atoms with Gasteiger partial charge in [0.15, 0.2) is 5.78 Å². The maximum Gasteiger partial charge on any atom is 0.269 e. The number of benzene rings is 2. The normalized spacial score (nSPS) is 17.0.